The van der Waals surface area contributed by atoms with E-state index in [1.54, 1.807) is 0 Å². The molecule has 0 bridgehead atoms. The molecular weight excluding hydrogens is 222 g/mol. The number of aryl methyl sites for hydroxylation is 1. The van der Waals surface area contributed by atoms with Crippen molar-refractivity contribution in [3.8, 4) is 0 Å². The minimum atomic E-state index is 0.759. The molecule has 3 atom stereocenters. The molecule has 0 radical (unpaired) electrons. The third-order valence-corrected chi connectivity index (χ3v) is 4.24. The zero-order valence-corrected chi connectivity index (χ0v) is 11.8. The molecule has 1 aliphatic rings. The molecule has 1 N–H and O–H groups in total. The lowest BCUT2D eigenvalue weighted by Gasteiger charge is -2.33. The Balaban J connectivity index is 1.55. The van der Waals surface area contributed by atoms with Gasteiger partial charge in [-0.3, -0.25) is 0 Å². The van der Waals surface area contributed by atoms with Gasteiger partial charge in [-0.2, -0.15) is 0 Å². The van der Waals surface area contributed by atoms with Gasteiger partial charge >= 0.3 is 0 Å². The fourth-order valence-electron chi connectivity index (χ4n) is 3.09. The zero-order chi connectivity index (χ0) is 12.8. The normalized spacial score (nSPS) is 28.4. The Bertz CT molecular complexity index is 320. The van der Waals surface area contributed by atoms with Crippen LogP contribution < -0.4 is 5.32 Å². The van der Waals surface area contributed by atoms with Gasteiger partial charge in [-0.15, -0.1) is 0 Å². The summed E-state index contributed by atoms with van der Waals surface area (Å²) in [5, 5.41) is 3.75. The summed E-state index contributed by atoms with van der Waals surface area (Å²) in [6, 6.07) is 0.759. The highest BCUT2D eigenvalue weighted by atomic mass is 15.0. The summed E-state index contributed by atoms with van der Waals surface area (Å²) in [5.74, 6) is 1.78. The predicted octanol–water partition coefficient (Wildman–Crippen LogP) is 3.08. The summed E-state index contributed by atoms with van der Waals surface area (Å²) in [6.45, 7) is 7.05. The van der Waals surface area contributed by atoms with Crippen molar-refractivity contribution in [3.05, 3.63) is 18.7 Å². The van der Waals surface area contributed by atoms with Gasteiger partial charge in [-0.25, -0.2) is 4.98 Å². The van der Waals surface area contributed by atoms with E-state index < -0.39 is 0 Å². The Kier molecular flexibility index (Phi) is 5.24. The standard InChI is InChI=1S/C15H27N3/c1-13-5-6-15(14(2)11-13)17-7-3-4-9-18-10-8-16-12-18/h8,10,12-15,17H,3-7,9,11H2,1-2H3. The van der Waals surface area contributed by atoms with Gasteiger partial charge in [0, 0.05) is 25.0 Å². The Hall–Kier alpha value is -0.830. The van der Waals surface area contributed by atoms with Crippen molar-refractivity contribution in [2.45, 2.75) is 58.5 Å². The van der Waals surface area contributed by atoms with Crippen molar-refractivity contribution >= 4 is 0 Å². The number of aromatic nitrogens is 2. The van der Waals surface area contributed by atoms with Crippen molar-refractivity contribution in [1.29, 1.82) is 0 Å². The molecule has 1 aromatic rings. The van der Waals surface area contributed by atoms with E-state index in [4.69, 9.17) is 0 Å². The van der Waals surface area contributed by atoms with E-state index in [9.17, 15) is 0 Å². The van der Waals surface area contributed by atoms with Crippen LogP contribution in [0, 0.1) is 11.8 Å². The molecule has 1 saturated carbocycles. The smallest absolute Gasteiger partial charge is 0.0945 e. The Morgan fingerprint density at radius 3 is 2.89 bits per heavy atom. The van der Waals surface area contributed by atoms with Gasteiger partial charge in [0.05, 0.1) is 6.33 Å². The lowest BCUT2D eigenvalue weighted by atomic mass is 9.80. The van der Waals surface area contributed by atoms with Crippen LogP contribution in [0.15, 0.2) is 18.7 Å². The van der Waals surface area contributed by atoms with Crippen molar-refractivity contribution in [2.75, 3.05) is 6.54 Å². The van der Waals surface area contributed by atoms with Gasteiger partial charge in [-0.1, -0.05) is 13.8 Å². The molecule has 18 heavy (non-hydrogen) atoms. The fraction of sp³-hybridized carbons (Fsp3) is 0.800. The van der Waals surface area contributed by atoms with Crippen LogP contribution in [0.1, 0.15) is 46.0 Å². The van der Waals surface area contributed by atoms with Crippen LogP contribution in [-0.4, -0.2) is 22.1 Å². The number of hydrogen-bond acceptors (Lipinski definition) is 2. The number of nitrogens with zero attached hydrogens (tertiary/aromatic N) is 2. The van der Waals surface area contributed by atoms with E-state index in [-0.39, 0.29) is 0 Å². The predicted molar refractivity (Wildman–Crippen MR) is 75.4 cm³/mol. The molecule has 1 aromatic heterocycles. The quantitative estimate of drug-likeness (QED) is 0.785. The number of rotatable bonds is 6. The molecule has 1 aliphatic carbocycles. The first-order valence-electron chi connectivity index (χ1n) is 7.45. The van der Waals surface area contributed by atoms with Crippen LogP contribution >= 0.6 is 0 Å². The van der Waals surface area contributed by atoms with Crippen molar-refractivity contribution in [3.63, 3.8) is 0 Å². The van der Waals surface area contributed by atoms with Gasteiger partial charge in [0.15, 0.2) is 0 Å². The van der Waals surface area contributed by atoms with Crippen LogP contribution in [0.4, 0.5) is 0 Å². The monoisotopic (exact) mass is 249 g/mol. The van der Waals surface area contributed by atoms with Crippen LogP contribution in [0.5, 0.6) is 0 Å². The zero-order valence-electron chi connectivity index (χ0n) is 11.8. The Morgan fingerprint density at radius 2 is 2.17 bits per heavy atom. The SMILES string of the molecule is CC1CCC(NCCCCn2ccnc2)C(C)C1. The minimum Gasteiger partial charge on any atom is -0.337 e. The first-order chi connectivity index (χ1) is 8.75. The average molecular weight is 249 g/mol. The summed E-state index contributed by atoms with van der Waals surface area (Å²) in [6.07, 6.45) is 12.4. The minimum absolute atomic E-state index is 0.759. The lowest BCUT2D eigenvalue weighted by molar-refractivity contribution is 0.227. The van der Waals surface area contributed by atoms with E-state index in [1.807, 2.05) is 18.7 Å². The van der Waals surface area contributed by atoms with Crippen molar-refractivity contribution in [1.82, 2.24) is 14.9 Å². The number of hydrogen-bond donors (Lipinski definition) is 1. The Labute approximate surface area is 111 Å². The average Bonchev–Trinajstić information content (AvgIpc) is 2.84. The molecule has 3 nitrogen and oxygen atoms in total. The summed E-state index contributed by atoms with van der Waals surface area (Å²) < 4.78 is 2.16. The van der Waals surface area contributed by atoms with Crippen LogP contribution in [0.25, 0.3) is 0 Å². The van der Waals surface area contributed by atoms with Gasteiger partial charge in [0.2, 0.25) is 0 Å². The summed E-state index contributed by atoms with van der Waals surface area (Å²) in [4.78, 5) is 4.06. The summed E-state index contributed by atoms with van der Waals surface area (Å²) >= 11 is 0. The number of imidazole rings is 1. The molecule has 1 heterocycles. The maximum Gasteiger partial charge on any atom is 0.0945 e. The molecule has 1 fully saturated rings. The molecule has 3 heteroatoms. The highest BCUT2D eigenvalue weighted by molar-refractivity contribution is 4.81. The van der Waals surface area contributed by atoms with E-state index in [1.165, 1.54) is 32.1 Å². The lowest BCUT2D eigenvalue weighted by Crippen LogP contribution is -2.39. The fourth-order valence-corrected chi connectivity index (χ4v) is 3.09. The topological polar surface area (TPSA) is 29.9 Å². The van der Waals surface area contributed by atoms with Crippen molar-refractivity contribution in [2.24, 2.45) is 11.8 Å². The second-order valence-corrected chi connectivity index (χ2v) is 5.96. The highest BCUT2D eigenvalue weighted by Gasteiger charge is 2.24. The molecule has 0 aliphatic heterocycles. The Morgan fingerprint density at radius 1 is 1.28 bits per heavy atom. The first-order valence-corrected chi connectivity index (χ1v) is 7.45. The van der Waals surface area contributed by atoms with E-state index in [0.29, 0.717) is 0 Å². The van der Waals surface area contributed by atoms with Gasteiger partial charge in [0.25, 0.3) is 0 Å². The molecule has 0 amide bonds. The van der Waals surface area contributed by atoms with Crippen LogP contribution in [-0.2, 0) is 6.54 Å². The molecule has 0 spiro atoms. The highest BCUT2D eigenvalue weighted by Crippen LogP contribution is 2.28. The molecule has 0 saturated heterocycles. The van der Waals surface area contributed by atoms with E-state index >= 15 is 0 Å². The van der Waals surface area contributed by atoms with Crippen LogP contribution in [0.3, 0.4) is 0 Å². The third kappa shape index (κ3) is 4.13. The first kappa shape index (κ1) is 13.6. The van der Waals surface area contributed by atoms with Gasteiger partial charge in [0.1, 0.15) is 0 Å². The number of nitrogens with one attached hydrogen (secondary N) is 1. The molecule has 102 valence electrons. The van der Waals surface area contributed by atoms with Gasteiger partial charge in [-0.05, 0) is 50.5 Å². The molecular formula is C15H27N3. The third-order valence-electron chi connectivity index (χ3n) is 4.24. The van der Waals surface area contributed by atoms with E-state index in [0.717, 1.165) is 31.0 Å². The number of unbranched alkanes of at least 4 members (excludes halogenated alkanes) is 1. The molecule has 3 unspecified atom stereocenters. The molecule has 0 aromatic carbocycles. The van der Waals surface area contributed by atoms with E-state index in [2.05, 4.69) is 28.7 Å². The maximum atomic E-state index is 4.06. The van der Waals surface area contributed by atoms with Gasteiger partial charge < -0.3 is 9.88 Å². The largest absolute Gasteiger partial charge is 0.337 e. The maximum absolute atomic E-state index is 4.06. The summed E-state index contributed by atoms with van der Waals surface area (Å²) in [7, 11) is 0. The van der Waals surface area contributed by atoms with Crippen LogP contribution in [0.2, 0.25) is 0 Å². The van der Waals surface area contributed by atoms with Crippen molar-refractivity contribution < 1.29 is 0 Å². The second-order valence-electron chi connectivity index (χ2n) is 5.96. The second kappa shape index (κ2) is 6.93. The summed E-state index contributed by atoms with van der Waals surface area (Å²) in [5.41, 5.74) is 0. The molecule has 2 rings (SSSR count).